The molecule has 11 heteroatoms. The minimum absolute atomic E-state index is 0.108. The van der Waals surface area contributed by atoms with Crippen LogP contribution in [0.3, 0.4) is 0 Å². The summed E-state index contributed by atoms with van der Waals surface area (Å²) in [5.41, 5.74) is 0.987. The third kappa shape index (κ3) is 7.43. The molecule has 0 aliphatic rings. The number of hydrogen-bond acceptors (Lipinski definition) is 9. The summed E-state index contributed by atoms with van der Waals surface area (Å²) in [6.45, 7) is 3.71. The van der Waals surface area contributed by atoms with Crippen LogP contribution in [0.25, 0.3) is 0 Å². The van der Waals surface area contributed by atoms with Crippen molar-refractivity contribution < 1.29 is 23.6 Å². The molecule has 3 aromatic rings. The van der Waals surface area contributed by atoms with Crippen LogP contribution >= 0.6 is 23.1 Å². The Kier molecular flexibility index (Phi) is 9.02. The minimum Gasteiger partial charge on any atom is -0.452 e. The molecule has 0 unspecified atom stereocenters. The number of carbonyl (C=O) groups excluding carboxylic acids is 3. The molecule has 0 aliphatic heterocycles. The van der Waals surface area contributed by atoms with E-state index >= 15 is 0 Å². The summed E-state index contributed by atoms with van der Waals surface area (Å²) in [6, 6.07) is 8.85. The minimum atomic E-state index is -0.659. The van der Waals surface area contributed by atoms with Gasteiger partial charge in [0.2, 0.25) is 5.91 Å². The van der Waals surface area contributed by atoms with Crippen molar-refractivity contribution in [2.24, 2.45) is 0 Å². The number of aryl methyl sites for hydroxylation is 1. The van der Waals surface area contributed by atoms with Gasteiger partial charge in [-0.3, -0.25) is 9.59 Å². The molecule has 3 aromatic heterocycles. The van der Waals surface area contributed by atoms with Gasteiger partial charge >= 0.3 is 5.97 Å². The molecule has 33 heavy (non-hydrogen) atoms. The topological polar surface area (TPSA) is 115 Å². The summed E-state index contributed by atoms with van der Waals surface area (Å²) in [4.78, 5) is 43.9. The van der Waals surface area contributed by atoms with Crippen LogP contribution in [-0.4, -0.2) is 52.5 Å². The third-order valence-electron chi connectivity index (χ3n) is 4.46. The van der Waals surface area contributed by atoms with Crippen LogP contribution in [0, 0.1) is 6.92 Å². The van der Waals surface area contributed by atoms with Crippen molar-refractivity contribution >= 4 is 40.9 Å². The van der Waals surface area contributed by atoms with Crippen LogP contribution in [0.1, 0.15) is 33.6 Å². The van der Waals surface area contributed by atoms with E-state index in [0.717, 1.165) is 10.6 Å². The van der Waals surface area contributed by atoms with Crippen molar-refractivity contribution in [2.75, 3.05) is 19.7 Å². The number of thioether (sulfide) groups is 1. The lowest BCUT2D eigenvalue weighted by Crippen LogP contribution is -2.42. The molecule has 174 valence electrons. The number of likely N-dealkylation sites (N-methyl/N-ethyl adjacent to an activating group) is 1. The standard InChI is InChI=1S/C22H24N4O5S2/c1-3-26(12-19(27)24-11-17-6-5-9-32-17)20(28)13-30-22(29)18-7-4-8-23-21(18)33-14-16-10-15(2)31-25-16/h4-10H,3,11-14H2,1-2H3,(H,24,27). The predicted octanol–water partition coefficient (Wildman–Crippen LogP) is 3.05. The maximum absolute atomic E-state index is 12.6. The van der Waals surface area contributed by atoms with Gasteiger partial charge in [0, 0.05) is 29.4 Å². The summed E-state index contributed by atoms with van der Waals surface area (Å²) in [6.07, 6.45) is 1.58. The average molecular weight is 489 g/mol. The van der Waals surface area contributed by atoms with Gasteiger partial charge in [0.25, 0.3) is 5.91 Å². The molecule has 0 aliphatic carbocycles. The third-order valence-corrected chi connectivity index (χ3v) is 6.38. The second kappa shape index (κ2) is 12.2. The van der Waals surface area contributed by atoms with Gasteiger partial charge in [-0.1, -0.05) is 23.0 Å². The van der Waals surface area contributed by atoms with E-state index in [1.165, 1.54) is 16.7 Å². The van der Waals surface area contributed by atoms with Gasteiger partial charge in [-0.05, 0) is 37.4 Å². The van der Waals surface area contributed by atoms with Gasteiger partial charge in [-0.25, -0.2) is 9.78 Å². The monoisotopic (exact) mass is 488 g/mol. The van der Waals surface area contributed by atoms with Crippen LogP contribution in [0.4, 0.5) is 0 Å². The Morgan fingerprint density at radius 3 is 2.82 bits per heavy atom. The molecule has 0 radical (unpaired) electrons. The number of ether oxygens (including phenoxy) is 1. The van der Waals surface area contributed by atoms with Gasteiger partial charge < -0.3 is 19.5 Å². The SMILES string of the molecule is CCN(CC(=O)NCc1cccs1)C(=O)COC(=O)c1cccnc1SCc1cc(C)on1. The summed E-state index contributed by atoms with van der Waals surface area (Å²) in [5.74, 6) is -0.219. The molecular weight excluding hydrogens is 464 g/mol. The molecule has 0 spiro atoms. The molecule has 2 amide bonds. The van der Waals surface area contributed by atoms with Crippen molar-refractivity contribution in [3.8, 4) is 0 Å². The Morgan fingerprint density at radius 1 is 1.27 bits per heavy atom. The van der Waals surface area contributed by atoms with E-state index in [1.54, 1.807) is 43.5 Å². The normalized spacial score (nSPS) is 10.6. The second-order valence-corrected chi connectivity index (χ2v) is 8.91. The first-order valence-corrected chi connectivity index (χ1v) is 12.1. The highest BCUT2D eigenvalue weighted by molar-refractivity contribution is 7.98. The van der Waals surface area contributed by atoms with Gasteiger partial charge in [0.1, 0.15) is 10.8 Å². The quantitative estimate of drug-likeness (QED) is 0.324. The number of esters is 1. The van der Waals surface area contributed by atoms with Crippen molar-refractivity contribution in [1.29, 1.82) is 0 Å². The molecule has 0 bridgehead atoms. The number of aromatic nitrogens is 2. The number of hydrogen-bond donors (Lipinski definition) is 1. The highest BCUT2D eigenvalue weighted by atomic mass is 32.2. The molecule has 1 N–H and O–H groups in total. The molecule has 0 fully saturated rings. The van der Waals surface area contributed by atoms with E-state index in [4.69, 9.17) is 9.26 Å². The first kappa shape index (κ1) is 24.5. The van der Waals surface area contributed by atoms with E-state index in [9.17, 15) is 14.4 Å². The Hall–Kier alpha value is -3.18. The van der Waals surface area contributed by atoms with Gasteiger partial charge in [-0.15, -0.1) is 11.3 Å². The van der Waals surface area contributed by atoms with Crippen LogP contribution in [-0.2, 0) is 26.6 Å². The number of nitrogens with zero attached hydrogens (tertiary/aromatic N) is 3. The lowest BCUT2D eigenvalue weighted by molar-refractivity contribution is -0.138. The Morgan fingerprint density at radius 2 is 2.12 bits per heavy atom. The summed E-state index contributed by atoms with van der Waals surface area (Å²) < 4.78 is 10.3. The molecule has 0 saturated carbocycles. The van der Waals surface area contributed by atoms with E-state index < -0.39 is 18.5 Å². The zero-order valence-corrected chi connectivity index (χ0v) is 19.9. The van der Waals surface area contributed by atoms with Crippen molar-refractivity contribution in [3.05, 3.63) is 63.8 Å². The molecular formula is C22H24N4O5S2. The number of nitrogens with one attached hydrogen (secondary N) is 1. The van der Waals surface area contributed by atoms with E-state index in [-0.39, 0.29) is 18.0 Å². The molecule has 0 saturated heterocycles. The second-order valence-electron chi connectivity index (χ2n) is 6.91. The fraction of sp³-hybridized carbons (Fsp3) is 0.318. The lowest BCUT2D eigenvalue weighted by Gasteiger charge is -2.20. The number of thiophene rings is 1. The fourth-order valence-corrected chi connectivity index (χ4v) is 4.30. The zero-order chi connectivity index (χ0) is 23.6. The smallest absolute Gasteiger partial charge is 0.341 e. The summed E-state index contributed by atoms with van der Waals surface area (Å²) >= 11 is 2.86. The molecule has 3 rings (SSSR count). The Balaban J connectivity index is 1.50. The highest BCUT2D eigenvalue weighted by Crippen LogP contribution is 2.24. The Bertz CT molecular complexity index is 1080. The molecule has 3 heterocycles. The van der Waals surface area contributed by atoms with Gasteiger partial charge in [-0.2, -0.15) is 0 Å². The van der Waals surface area contributed by atoms with Gasteiger partial charge in [0.05, 0.1) is 24.3 Å². The molecule has 0 aromatic carbocycles. The number of rotatable bonds is 11. The first-order chi connectivity index (χ1) is 16.0. The van der Waals surface area contributed by atoms with Crippen LogP contribution in [0.5, 0.6) is 0 Å². The van der Waals surface area contributed by atoms with E-state index in [2.05, 4.69) is 15.5 Å². The largest absolute Gasteiger partial charge is 0.452 e. The van der Waals surface area contributed by atoms with Crippen LogP contribution in [0.15, 0.2) is 51.5 Å². The van der Waals surface area contributed by atoms with Crippen molar-refractivity contribution in [2.45, 2.75) is 31.2 Å². The summed E-state index contributed by atoms with van der Waals surface area (Å²) in [5, 5.41) is 9.10. The number of carbonyl (C=O) groups is 3. The average Bonchev–Trinajstić information content (AvgIpc) is 3.49. The lowest BCUT2D eigenvalue weighted by atomic mass is 10.3. The van der Waals surface area contributed by atoms with Crippen molar-refractivity contribution in [3.63, 3.8) is 0 Å². The van der Waals surface area contributed by atoms with Crippen molar-refractivity contribution in [1.82, 2.24) is 20.4 Å². The van der Waals surface area contributed by atoms with E-state index in [1.807, 2.05) is 23.6 Å². The highest BCUT2D eigenvalue weighted by Gasteiger charge is 2.20. The Labute approximate surface area is 199 Å². The fourth-order valence-electron chi connectivity index (χ4n) is 2.79. The van der Waals surface area contributed by atoms with Crippen LogP contribution in [0.2, 0.25) is 0 Å². The summed E-state index contributed by atoms with van der Waals surface area (Å²) in [7, 11) is 0. The molecule has 0 atom stereocenters. The number of pyridine rings is 1. The first-order valence-electron chi connectivity index (χ1n) is 10.2. The van der Waals surface area contributed by atoms with Crippen LogP contribution < -0.4 is 5.32 Å². The maximum Gasteiger partial charge on any atom is 0.341 e. The van der Waals surface area contributed by atoms with Gasteiger partial charge in [0.15, 0.2) is 6.61 Å². The predicted molar refractivity (Wildman–Crippen MR) is 124 cm³/mol. The molecule has 9 nitrogen and oxygen atoms in total. The zero-order valence-electron chi connectivity index (χ0n) is 18.3. The maximum atomic E-state index is 12.6. The number of amides is 2. The van der Waals surface area contributed by atoms with E-state index in [0.29, 0.717) is 29.6 Å².